The summed E-state index contributed by atoms with van der Waals surface area (Å²) in [6.07, 6.45) is -2.98. The minimum absolute atomic E-state index is 0.192. The number of halogens is 3. The summed E-state index contributed by atoms with van der Waals surface area (Å²) in [4.78, 5) is 9.59. The lowest BCUT2D eigenvalue weighted by atomic mass is 10.2. The van der Waals surface area contributed by atoms with Gasteiger partial charge in [-0.3, -0.25) is 0 Å². The van der Waals surface area contributed by atoms with E-state index in [0.29, 0.717) is 43.0 Å². The van der Waals surface area contributed by atoms with E-state index in [-0.39, 0.29) is 6.10 Å². The van der Waals surface area contributed by atoms with E-state index >= 15 is 0 Å². The second-order valence-electron chi connectivity index (χ2n) is 5.26. The molecule has 5 nitrogen and oxygen atoms in total. The molecule has 1 aromatic heterocycles. The minimum Gasteiger partial charge on any atom is -0.382 e. The summed E-state index contributed by atoms with van der Waals surface area (Å²) >= 11 is 0. The van der Waals surface area contributed by atoms with E-state index < -0.39 is 18.1 Å². The summed E-state index contributed by atoms with van der Waals surface area (Å²) in [5, 5.41) is 0.410. The molecular weight excluding hydrogens is 311 g/mol. The van der Waals surface area contributed by atoms with E-state index in [2.05, 4.69) is 9.97 Å². The average molecular weight is 327 g/mol. The van der Waals surface area contributed by atoms with Crippen molar-refractivity contribution in [3.63, 3.8) is 0 Å². The summed E-state index contributed by atoms with van der Waals surface area (Å²) < 4.78 is 50.3. The number of rotatable bonds is 4. The number of morpholine rings is 1. The van der Waals surface area contributed by atoms with Crippen LogP contribution in [0.3, 0.4) is 0 Å². The fourth-order valence-corrected chi connectivity index (χ4v) is 2.64. The number of fused-ring (bicyclic) bond motifs is 1. The fourth-order valence-electron chi connectivity index (χ4n) is 2.64. The first kappa shape index (κ1) is 15.9. The second-order valence-corrected chi connectivity index (χ2v) is 5.26. The van der Waals surface area contributed by atoms with Crippen molar-refractivity contribution in [2.24, 2.45) is 0 Å². The molecule has 2 heterocycles. The quantitative estimate of drug-likeness (QED) is 0.864. The van der Waals surface area contributed by atoms with Gasteiger partial charge in [0.1, 0.15) is 11.6 Å². The molecule has 8 heteroatoms. The lowest BCUT2D eigenvalue weighted by Crippen LogP contribution is -2.45. The molecule has 0 amide bonds. The van der Waals surface area contributed by atoms with Crippen molar-refractivity contribution in [2.75, 3.05) is 38.3 Å². The van der Waals surface area contributed by atoms with Gasteiger partial charge in [0, 0.05) is 25.6 Å². The van der Waals surface area contributed by atoms with Gasteiger partial charge in [-0.05, 0) is 18.2 Å². The highest BCUT2D eigenvalue weighted by Crippen LogP contribution is 2.29. The van der Waals surface area contributed by atoms with Gasteiger partial charge in [0.15, 0.2) is 5.82 Å². The first-order valence-corrected chi connectivity index (χ1v) is 7.19. The molecule has 0 radical (unpaired) electrons. The maximum Gasteiger partial charge on any atom is 0.297 e. The highest BCUT2D eigenvalue weighted by atomic mass is 19.3. The summed E-state index contributed by atoms with van der Waals surface area (Å²) in [5.41, 5.74) is 0.293. The van der Waals surface area contributed by atoms with Gasteiger partial charge in [0.25, 0.3) is 6.43 Å². The molecule has 1 aliphatic rings. The molecule has 1 saturated heterocycles. The van der Waals surface area contributed by atoms with Crippen molar-refractivity contribution in [1.82, 2.24) is 9.97 Å². The Balaban J connectivity index is 2.05. The summed E-state index contributed by atoms with van der Waals surface area (Å²) in [6, 6.07) is 3.84. The number of benzene rings is 1. The Morgan fingerprint density at radius 1 is 1.39 bits per heavy atom. The molecule has 124 valence electrons. The third-order valence-electron chi connectivity index (χ3n) is 3.64. The molecule has 0 spiro atoms. The van der Waals surface area contributed by atoms with Crippen molar-refractivity contribution in [2.45, 2.75) is 12.5 Å². The lowest BCUT2D eigenvalue weighted by molar-refractivity contribution is -0.0102. The minimum atomic E-state index is -2.79. The first-order chi connectivity index (χ1) is 11.1. The molecule has 3 rings (SSSR count). The first-order valence-electron chi connectivity index (χ1n) is 7.19. The normalized spacial score (nSPS) is 18.8. The van der Waals surface area contributed by atoms with Crippen LogP contribution in [0.4, 0.5) is 19.0 Å². The highest BCUT2D eigenvalue weighted by molar-refractivity contribution is 5.89. The van der Waals surface area contributed by atoms with Gasteiger partial charge in [-0.15, -0.1) is 0 Å². The molecule has 1 fully saturated rings. The molecule has 0 aliphatic carbocycles. The van der Waals surface area contributed by atoms with E-state index in [1.54, 1.807) is 7.11 Å². The van der Waals surface area contributed by atoms with Gasteiger partial charge in [0.2, 0.25) is 0 Å². The topological polar surface area (TPSA) is 47.5 Å². The van der Waals surface area contributed by atoms with Gasteiger partial charge in [0.05, 0.1) is 24.8 Å². The van der Waals surface area contributed by atoms with Gasteiger partial charge in [-0.1, -0.05) is 0 Å². The van der Waals surface area contributed by atoms with Gasteiger partial charge >= 0.3 is 0 Å². The Labute approximate surface area is 131 Å². The van der Waals surface area contributed by atoms with Crippen LogP contribution in [0.25, 0.3) is 10.9 Å². The van der Waals surface area contributed by atoms with Gasteiger partial charge < -0.3 is 14.4 Å². The molecule has 0 saturated carbocycles. The average Bonchev–Trinajstić information content (AvgIpc) is 2.54. The van der Waals surface area contributed by atoms with Crippen LogP contribution in [0.1, 0.15) is 12.2 Å². The Bertz CT molecular complexity index is 697. The molecule has 1 aliphatic heterocycles. The van der Waals surface area contributed by atoms with Crippen molar-refractivity contribution in [1.29, 1.82) is 0 Å². The summed E-state index contributed by atoms with van der Waals surface area (Å²) in [5.74, 6) is -0.725. The number of ether oxygens (including phenoxy) is 2. The predicted octanol–water partition coefficient (Wildman–Crippen LogP) is 2.56. The summed E-state index contributed by atoms with van der Waals surface area (Å²) in [7, 11) is 1.56. The Morgan fingerprint density at radius 2 is 2.22 bits per heavy atom. The van der Waals surface area contributed by atoms with Crippen LogP contribution in [0.15, 0.2) is 18.2 Å². The number of alkyl halides is 2. The zero-order chi connectivity index (χ0) is 16.4. The second kappa shape index (κ2) is 6.67. The number of methoxy groups -OCH3 is 1. The van der Waals surface area contributed by atoms with Crippen molar-refractivity contribution < 1.29 is 22.6 Å². The molecule has 23 heavy (non-hydrogen) atoms. The van der Waals surface area contributed by atoms with E-state index in [0.717, 1.165) is 0 Å². The predicted molar refractivity (Wildman–Crippen MR) is 78.3 cm³/mol. The van der Waals surface area contributed by atoms with Crippen LogP contribution in [0.2, 0.25) is 0 Å². The molecule has 2 aromatic rings. The molecule has 0 N–H and O–H groups in total. The fraction of sp³-hybridized carbons (Fsp3) is 0.467. The van der Waals surface area contributed by atoms with Crippen molar-refractivity contribution in [3.8, 4) is 0 Å². The van der Waals surface area contributed by atoms with Crippen LogP contribution in [-0.2, 0) is 9.47 Å². The molecule has 0 bridgehead atoms. The number of hydrogen-bond acceptors (Lipinski definition) is 5. The smallest absolute Gasteiger partial charge is 0.297 e. The van der Waals surface area contributed by atoms with Crippen LogP contribution in [0, 0.1) is 5.82 Å². The van der Waals surface area contributed by atoms with Gasteiger partial charge in [-0.2, -0.15) is 0 Å². The van der Waals surface area contributed by atoms with Crippen molar-refractivity contribution in [3.05, 3.63) is 29.8 Å². The third-order valence-corrected chi connectivity index (χ3v) is 3.64. The lowest BCUT2D eigenvalue weighted by Gasteiger charge is -2.34. The van der Waals surface area contributed by atoms with Crippen LogP contribution < -0.4 is 4.90 Å². The zero-order valence-electron chi connectivity index (χ0n) is 12.5. The molecule has 1 atom stereocenters. The Hall–Kier alpha value is -1.93. The Kier molecular flexibility index (Phi) is 4.63. The zero-order valence-corrected chi connectivity index (χ0v) is 12.5. The van der Waals surface area contributed by atoms with E-state index in [1.165, 1.54) is 18.2 Å². The Morgan fingerprint density at radius 3 is 2.96 bits per heavy atom. The molecule has 1 aromatic carbocycles. The van der Waals surface area contributed by atoms with E-state index in [1.807, 2.05) is 4.90 Å². The number of aromatic nitrogens is 2. The third kappa shape index (κ3) is 3.37. The summed E-state index contributed by atoms with van der Waals surface area (Å²) in [6.45, 7) is 1.71. The number of hydrogen-bond donors (Lipinski definition) is 0. The van der Waals surface area contributed by atoms with Crippen LogP contribution >= 0.6 is 0 Å². The molecular formula is C15H16F3N3O2. The van der Waals surface area contributed by atoms with Crippen molar-refractivity contribution >= 4 is 16.7 Å². The number of anilines is 1. The monoisotopic (exact) mass is 327 g/mol. The van der Waals surface area contributed by atoms with E-state index in [9.17, 15) is 13.2 Å². The SMILES string of the molecule is COC[C@@H]1CN(c2nc(C(F)F)nc3ccc(F)cc23)CCO1. The van der Waals surface area contributed by atoms with E-state index in [4.69, 9.17) is 9.47 Å². The highest BCUT2D eigenvalue weighted by Gasteiger charge is 2.25. The molecule has 0 unspecified atom stereocenters. The number of nitrogens with zero attached hydrogens (tertiary/aromatic N) is 3. The van der Waals surface area contributed by atoms with Gasteiger partial charge in [-0.25, -0.2) is 23.1 Å². The standard InChI is InChI=1S/C15H16F3N3O2/c1-22-8-10-7-21(4-5-23-10)15-11-6-9(16)2-3-12(11)19-14(20-15)13(17)18/h2-3,6,10,13H,4-5,7-8H2,1H3/t10-/m0/s1. The largest absolute Gasteiger partial charge is 0.382 e. The van der Waals surface area contributed by atoms with Crippen LogP contribution in [-0.4, -0.2) is 49.5 Å². The maximum absolute atomic E-state index is 13.6. The maximum atomic E-state index is 13.6. The van der Waals surface area contributed by atoms with Crippen LogP contribution in [0.5, 0.6) is 0 Å².